The van der Waals surface area contributed by atoms with Crippen LogP contribution in [0.3, 0.4) is 0 Å². The molecular weight excluding hydrogens is 188 g/mol. The van der Waals surface area contributed by atoms with Gasteiger partial charge in [0.05, 0.1) is 18.4 Å². The lowest BCUT2D eigenvalue weighted by atomic mass is 9.97. The predicted octanol–water partition coefficient (Wildman–Crippen LogP) is 1.60. The van der Waals surface area contributed by atoms with Gasteiger partial charge in [-0.25, -0.2) is 0 Å². The summed E-state index contributed by atoms with van der Waals surface area (Å²) in [5.74, 6) is 0.648. The Morgan fingerprint density at radius 3 is 3.20 bits per heavy atom. The van der Waals surface area contributed by atoms with E-state index in [9.17, 15) is 0 Å². The molecule has 0 aliphatic carbocycles. The van der Waals surface area contributed by atoms with E-state index in [-0.39, 0.29) is 0 Å². The standard InChI is InChI=1S/C12H18N2O/c1-10-5-7-13-8-12(10)15-9-11-4-2-3-6-14-11/h2-4,6,10,12-13H,5,7-9H2,1H3. The number of aromatic nitrogens is 1. The molecule has 0 amide bonds. The zero-order valence-corrected chi connectivity index (χ0v) is 9.15. The Kier molecular flexibility index (Phi) is 3.69. The molecule has 15 heavy (non-hydrogen) atoms. The Morgan fingerprint density at radius 2 is 2.47 bits per heavy atom. The smallest absolute Gasteiger partial charge is 0.0892 e. The minimum atomic E-state index is 0.334. The summed E-state index contributed by atoms with van der Waals surface area (Å²) in [6, 6.07) is 5.92. The van der Waals surface area contributed by atoms with E-state index in [1.807, 2.05) is 18.2 Å². The van der Waals surface area contributed by atoms with Crippen LogP contribution in [0.5, 0.6) is 0 Å². The van der Waals surface area contributed by atoms with Gasteiger partial charge in [0.2, 0.25) is 0 Å². The van der Waals surface area contributed by atoms with Crippen molar-refractivity contribution in [1.29, 1.82) is 0 Å². The quantitative estimate of drug-likeness (QED) is 0.815. The first kappa shape index (κ1) is 10.6. The maximum Gasteiger partial charge on any atom is 0.0892 e. The fraction of sp³-hybridized carbons (Fsp3) is 0.583. The molecular formula is C12H18N2O. The highest BCUT2D eigenvalue weighted by atomic mass is 16.5. The molecule has 0 saturated carbocycles. The van der Waals surface area contributed by atoms with Crippen LogP contribution in [-0.2, 0) is 11.3 Å². The van der Waals surface area contributed by atoms with Gasteiger partial charge in [-0.15, -0.1) is 0 Å². The number of ether oxygens (including phenoxy) is 1. The van der Waals surface area contributed by atoms with Gasteiger partial charge in [0.25, 0.3) is 0 Å². The summed E-state index contributed by atoms with van der Waals surface area (Å²) in [6.07, 6.45) is 3.34. The molecule has 1 aliphatic heterocycles. The molecule has 82 valence electrons. The molecule has 0 radical (unpaired) electrons. The lowest BCUT2D eigenvalue weighted by molar-refractivity contribution is -0.00795. The Bertz CT molecular complexity index is 289. The number of nitrogens with one attached hydrogen (secondary N) is 1. The van der Waals surface area contributed by atoms with Crippen molar-refractivity contribution >= 4 is 0 Å². The summed E-state index contributed by atoms with van der Waals surface area (Å²) < 4.78 is 5.86. The minimum absolute atomic E-state index is 0.334. The highest BCUT2D eigenvalue weighted by Gasteiger charge is 2.21. The fourth-order valence-electron chi connectivity index (χ4n) is 1.86. The second kappa shape index (κ2) is 5.24. The van der Waals surface area contributed by atoms with E-state index in [2.05, 4.69) is 17.2 Å². The summed E-state index contributed by atoms with van der Waals surface area (Å²) in [5, 5.41) is 3.36. The van der Waals surface area contributed by atoms with E-state index in [1.165, 1.54) is 6.42 Å². The third-order valence-corrected chi connectivity index (χ3v) is 2.93. The topological polar surface area (TPSA) is 34.1 Å². The van der Waals surface area contributed by atoms with E-state index in [1.54, 1.807) is 6.20 Å². The first-order valence-corrected chi connectivity index (χ1v) is 5.58. The molecule has 1 fully saturated rings. The second-order valence-electron chi connectivity index (χ2n) is 4.14. The Morgan fingerprint density at radius 1 is 1.53 bits per heavy atom. The first-order chi connectivity index (χ1) is 7.36. The van der Waals surface area contributed by atoms with Gasteiger partial charge in [0, 0.05) is 12.7 Å². The molecule has 3 heteroatoms. The van der Waals surface area contributed by atoms with Crippen molar-refractivity contribution in [3.8, 4) is 0 Å². The van der Waals surface area contributed by atoms with Crippen LogP contribution in [0.25, 0.3) is 0 Å². The molecule has 2 unspecified atom stereocenters. The Hall–Kier alpha value is -0.930. The van der Waals surface area contributed by atoms with Crippen molar-refractivity contribution < 1.29 is 4.74 Å². The third-order valence-electron chi connectivity index (χ3n) is 2.93. The van der Waals surface area contributed by atoms with Gasteiger partial charge < -0.3 is 10.1 Å². The summed E-state index contributed by atoms with van der Waals surface area (Å²) >= 11 is 0. The van der Waals surface area contributed by atoms with E-state index in [0.29, 0.717) is 18.6 Å². The maximum atomic E-state index is 5.86. The zero-order valence-electron chi connectivity index (χ0n) is 9.15. The van der Waals surface area contributed by atoms with Gasteiger partial charge in [-0.3, -0.25) is 4.98 Å². The molecule has 1 saturated heterocycles. The van der Waals surface area contributed by atoms with Gasteiger partial charge in [0.15, 0.2) is 0 Å². The molecule has 1 aromatic rings. The Balaban J connectivity index is 1.82. The molecule has 2 heterocycles. The molecule has 0 aromatic carbocycles. The van der Waals surface area contributed by atoms with Gasteiger partial charge >= 0.3 is 0 Å². The molecule has 1 N–H and O–H groups in total. The van der Waals surface area contributed by atoms with Crippen molar-refractivity contribution in [2.24, 2.45) is 5.92 Å². The van der Waals surface area contributed by atoms with Crippen LogP contribution in [-0.4, -0.2) is 24.2 Å². The van der Waals surface area contributed by atoms with Crippen LogP contribution >= 0.6 is 0 Å². The van der Waals surface area contributed by atoms with Gasteiger partial charge in [-0.2, -0.15) is 0 Å². The number of nitrogens with zero attached hydrogens (tertiary/aromatic N) is 1. The SMILES string of the molecule is CC1CCNCC1OCc1ccccn1. The number of hydrogen-bond acceptors (Lipinski definition) is 3. The van der Waals surface area contributed by atoms with Crippen LogP contribution in [0.4, 0.5) is 0 Å². The van der Waals surface area contributed by atoms with Crippen molar-refractivity contribution in [3.05, 3.63) is 30.1 Å². The third kappa shape index (κ3) is 3.01. The Labute approximate surface area is 90.9 Å². The van der Waals surface area contributed by atoms with E-state index in [0.717, 1.165) is 18.8 Å². The lowest BCUT2D eigenvalue weighted by Crippen LogP contribution is -2.40. The summed E-state index contributed by atoms with van der Waals surface area (Å²) in [5.41, 5.74) is 1.01. The zero-order chi connectivity index (χ0) is 10.5. The van der Waals surface area contributed by atoms with Crippen molar-refractivity contribution in [1.82, 2.24) is 10.3 Å². The van der Waals surface area contributed by atoms with Gasteiger partial charge in [-0.05, 0) is 31.0 Å². The monoisotopic (exact) mass is 206 g/mol. The number of hydrogen-bond donors (Lipinski definition) is 1. The second-order valence-corrected chi connectivity index (χ2v) is 4.14. The lowest BCUT2D eigenvalue weighted by Gasteiger charge is -2.29. The molecule has 1 aliphatic rings. The van der Waals surface area contributed by atoms with Gasteiger partial charge in [0.1, 0.15) is 0 Å². The average molecular weight is 206 g/mol. The molecule has 3 nitrogen and oxygen atoms in total. The highest BCUT2D eigenvalue weighted by molar-refractivity contribution is 5.02. The minimum Gasteiger partial charge on any atom is -0.370 e. The number of piperidine rings is 1. The van der Waals surface area contributed by atoms with Crippen LogP contribution in [0.15, 0.2) is 24.4 Å². The number of rotatable bonds is 3. The van der Waals surface area contributed by atoms with Crippen molar-refractivity contribution in [3.63, 3.8) is 0 Å². The maximum absolute atomic E-state index is 5.86. The number of pyridine rings is 1. The van der Waals surface area contributed by atoms with Crippen molar-refractivity contribution in [2.45, 2.75) is 26.1 Å². The molecule has 2 atom stereocenters. The normalized spacial score (nSPS) is 26.5. The van der Waals surface area contributed by atoms with Crippen LogP contribution in [0.2, 0.25) is 0 Å². The summed E-state index contributed by atoms with van der Waals surface area (Å²) in [7, 11) is 0. The van der Waals surface area contributed by atoms with Gasteiger partial charge in [-0.1, -0.05) is 13.0 Å². The van der Waals surface area contributed by atoms with Crippen LogP contribution < -0.4 is 5.32 Å². The van der Waals surface area contributed by atoms with E-state index < -0.39 is 0 Å². The van der Waals surface area contributed by atoms with Crippen LogP contribution in [0, 0.1) is 5.92 Å². The molecule has 2 rings (SSSR count). The summed E-state index contributed by atoms with van der Waals surface area (Å²) in [4.78, 5) is 4.24. The highest BCUT2D eigenvalue weighted by Crippen LogP contribution is 2.15. The molecule has 1 aromatic heterocycles. The average Bonchev–Trinajstić information content (AvgIpc) is 2.29. The summed E-state index contributed by atoms with van der Waals surface area (Å²) in [6.45, 7) is 4.96. The molecule has 0 bridgehead atoms. The molecule has 0 spiro atoms. The largest absolute Gasteiger partial charge is 0.370 e. The fourth-order valence-corrected chi connectivity index (χ4v) is 1.86. The van der Waals surface area contributed by atoms with Crippen LogP contribution in [0.1, 0.15) is 19.0 Å². The van der Waals surface area contributed by atoms with Crippen molar-refractivity contribution in [2.75, 3.05) is 13.1 Å². The predicted molar refractivity (Wildman–Crippen MR) is 59.5 cm³/mol. The van der Waals surface area contributed by atoms with E-state index in [4.69, 9.17) is 4.74 Å². The first-order valence-electron chi connectivity index (χ1n) is 5.58. The van der Waals surface area contributed by atoms with E-state index >= 15 is 0 Å².